The van der Waals surface area contributed by atoms with E-state index in [0.29, 0.717) is 11.7 Å². The van der Waals surface area contributed by atoms with Crippen molar-refractivity contribution in [2.24, 2.45) is 17.3 Å². The number of hydrogen-bond acceptors (Lipinski definition) is 3. The van der Waals surface area contributed by atoms with Crippen molar-refractivity contribution in [3.8, 4) is 11.5 Å². The molecule has 1 aliphatic carbocycles. The monoisotopic (exact) mass is 450 g/mol. The molecule has 0 spiro atoms. The lowest BCUT2D eigenvalue weighted by Crippen LogP contribution is -2.41. The SMILES string of the molecule is CCC(C)(C)Oc1ccc(C2(c3ccc(OC(=O)C(C)C)cc3)CC(C)CC(C)(C)C2)cc1. The van der Waals surface area contributed by atoms with Gasteiger partial charge in [0.1, 0.15) is 17.1 Å². The molecule has 2 aromatic rings. The van der Waals surface area contributed by atoms with Crippen LogP contribution in [0.1, 0.15) is 92.2 Å². The summed E-state index contributed by atoms with van der Waals surface area (Å²) in [6.07, 6.45) is 4.36. The van der Waals surface area contributed by atoms with E-state index in [2.05, 4.69) is 77.9 Å². The first-order chi connectivity index (χ1) is 15.4. The van der Waals surface area contributed by atoms with Crippen molar-refractivity contribution in [3.05, 3.63) is 59.7 Å². The smallest absolute Gasteiger partial charge is 0.313 e. The molecule has 0 amide bonds. The molecule has 0 heterocycles. The topological polar surface area (TPSA) is 35.5 Å². The van der Waals surface area contributed by atoms with Crippen molar-refractivity contribution in [2.45, 2.75) is 92.1 Å². The molecule has 0 bridgehead atoms. The van der Waals surface area contributed by atoms with E-state index in [-0.39, 0.29) is 28.3 Å². The van der Waals surface area contributed by atoms with Gasteiger partial charge in [0.25, 0.3) is 0 Å². The van der Waals surface area contributed by atoms with Gasteiger partial charge in [-0.3, -0.25) is 4.79 Å². The van der Waals surface area contributed by atoms with Gasteiger partial charge in [0.15, 0.2) is 0 Å². The van der Waals surface area contributed by atoms with Gasteiger partial charge in [0.2, 0.25) is 0 Å². The van der Waals surface area contributed by atoms with Crippen LogP contribution in [0.15, 0.2) is 48.5 Å². The number of rotatable bonds is 7. The maximum absolute atomic E-state index is 12.0. The van der Waals surface area contributed by atoms with Crippen LogP contribution in [0.2, 0.25) is 0 Å². The predicted molar refractivity (Wildman–Crippen MR) is 136 cm³/mol. The van der Waals surface area contributed by atoms with Crippen LogP contribution in [0.3, 0.4) is 0 Å². The highest BCUT2D eigenvalue weighted by molar-refractivity contribution is 5.74. The molecule has 0 saturated heterocycles. The van der Waals surface area contributed by atoms with Gasteiger partial charge in [-0.15, -0.1) is 0 Å². The maximum atomic E-state index is 12.0. The summed E-state index contributed by atoms with van der Waals surface area (Å²) >= 11 is 0. The molecule has 1 fully saturated rings. The Hall–Kier alpha value is -2.29. The molecular weight excluding hydrogens is 408 g/mol. The fraction of sp³-hybridized carbons (Fsp3) is 0.567. The summed E-state index contributed by atoms with van der Waals surface area (Å²) in [5, 5.41) is 0. The molecular formula is C30H42O3. The Labute approximate surface area is 200 Å². The Morgan fingerprint density at radius 1 is 0.970 bits per heavy atom. The van der Waals surface area contributed by atoms with E-state index in [1.807, 2.05) is 26.0 Å². The number of hydrogen-bond donors (Lipinski definition) is 0. The zero-order valence-electron chi connectivity index (χ0n) is 21.8. The van der Waals surface area contributed by atoms with Crippen LogP contribution in [-0.4, -0.2) is 11.6 Å². The zero-order valence-corrected chi connectivity index (χ0v) is 21.8. The number of ether oxygens (including phenoxy) is 2. The Bertz CT molecular complexity index is 938. The van der Waals surface area contributed by atoms with Crippen LogP contribution in [-0.2, 0) is 10.2 Å². The third-order valence-electron chi connectivity index (χ3n) is 7.13. The lowest BCUT2D eigenvalue weighted by molar-refractivity contribution is -0.137. The van der Waals surface area contributed by atoms with Crippen molar-refractivity contribution in [2.75, 3.05) is 0 Å². The molecule has 3 nitrogen and oxygen atoms in total. The van der Waals surface area contributed by atoms with Crippen molar-refractivity contribution in [1.29, 1.82) is 0 Å². The first kappa shape index (κ1) is 25.3. The fourth-order valence-electron chi connectivity index (χ4n) is 5.49. The predicted octanol–water partition coefficient (Wildman–Crippen LogP) is 7.95. The summed E-state index contributed by atoms with van der Waals surface area (Å²) in [7, 11) is 0. The van der Waals surface area contributed by atoms with Crippen molar-refractivity contribution < 1.29 is 14.3 Å². The molecule has 1 aliphatic rings. The molecule has 2 atom stereocenters. The first-order valence-electron chi connectivity index (χ1n) is 12.5. The Balaban J connectivity index is 1.99. The van der Waals surface area contributed by atoms with Gasteiger partial charge in [-0.1, -0.05) is 65.8 Å². The molecule has 180 valence electrons. The van der Waals surface area contributed by atoms with Gasteiger partial charge in [-0.05, 0) is 86.3 Å². The van der Waals surface area contributed by atoms with Crippen molar-refractivity contribution in [3.63, 3.8) is 0 Å². The van der Waals surface area contributed by atoms with Gasteiger partial charge in [0, 0.05) is 5.41 Å². The van der Waals surface area contributed by atoms with Gasteiger partial charge < -0.3 is 9.47 Å². The highest BCUT2D eigenvalue weighted by Crippen LogP contribution is 2.53. The van der Waals surface area contributed by atoms with Gasteiger partial charge in [-0.2, -0.15) is 0 Å². The average molecular weight is 451 g/mol. The minimum absolute atomic E-state index is 0.0828. The third kappa shape index (κ3) is 5.99. The molecule has 3 rings (SSSR count). The summed E-state index contributed by atoms with van der Waals surface area (Å²) in [6.45, 7) is 17.3. The lowest BCUT2D eigenvalue weighted by Gasteiger charge is -2.48. The molecule has 3 heteroatoms. The quantitative estimate of drug-likeness (QED) is 0.317. The molecule has 2 aromatic carbocycles. The molecule has 2 unspecified atom stereocenters. The van der Waals surface area contributed by atoms with E-state index in [9.17, 15) is 4.79 Å². The minimum Gasteiger partial charge on any atom is -0.488 e. The van der Waals surface area contributed by atoms with Crippen LogP contribution in [0, 0.1) is 17.3 Å². The average Bonchev–Trinajstić information content (AvgIpc) is 2.73. The highest BCUT2D eigenvalue weighted by atomic mass is 16.5. The second-order valence-electron chi connectivity index (χ2n) is 11.8. The standard InChI is InChI=1S/C30H42O3/c1-9-29(7,8)33-26-16-12-24(13-17-26)30(19-22(4)18-28(5,6)20-30)23-10-14-25(15-11-23)32-27(31)21(2)3/h10-17,21-22H,9,18-20H2,1-8H3. The van der Waals surface area contributed by atoms with E-state index in [1.165, 1.54) is 17.5 Å². The highest BCUT2D eigenvalue weighted by Gasteiger charge is 2.45. The normalized spacial score (nSPS) is 22.8. The number of esters is 1. The molecule has 0 aromatic heterocycles. The second-order valence-corrected chi connectivity index (χ2v) is 11.8. The summed E-state index contributed by atoms with van der Waals surface area (Å²) in [5.74, 6) is 1.80. The van der Waals surface area contributed by atoms with E-state index >= 15 is 0 Å². The van der Waals surface area contributed by atoms with E-state index in [1.54, 1.807) is 0 Å². The first-order valence-corrected chi connectivity index (χ1v) is 12.5. The molecule has 0 radical (unpaired) electrons. The van der Waals surface area contributed by atoms with Crippen molar-refractivity contribution >= 4 is 5.97 Å². The zero-order chi connectivity index (χ0) is 24.4. The van der Waals surface area contributed by atoms with Crippen LogP contribution in [0.4, 0.5) is 0 Å². The second kappa shape index (κ2) is 9.52. The minimum atomic E-state index is -0.199. The van der Waals surface area contributed by atoms with E-state index < -0.39 is 0 Å². The maximum Gasteiger partial charge on any atom is 0.313 e. The lowest BCUT2D eigenvalue weighted by atomic mass is 9.55. The summed E-state index contributed by atoms with van der Waals surface area (Å²) in [6, 6.07) is 17.0. The number of carbonyl (C=O) groups is 1. The van der Waals surface area contributed by atoms with E-state index in [4.69, 9.17) is 9.47 Å². The number of benzene rings is 2. The van der Waals surface area contributed by atoms with Crippen LogP contribution in [0.25, 0.3) is 0 Å². The largest absolute Gasteiger partial charge is 0.488 e. The Morgan fingerprint density at radius 2 is 1.48 bits per heavy atom. The Kier molecular flexibility index (Phi) is 7.31. The Morgan fingerprint density at radius 3 is 1.94 bits per heavy atom. The van der Waals surface area contributed by atoms with Gasteiger partial charge >= 0.3 is 5.97 Å². The van der Waals surface area contributed by atoms with Gasteiger partial charge in [0.05, 0.1) is 5.92 Å². The van der Waals surface area contributed by atoms with Crippen LogP contribution in [0.5, 0.6) is 11.5 Å². The van der Waals surface area contributed by atoms with Crippen LogP contribution >= 0.6 is 0 Å². The summed E-state index contributed by atoms with van der Waals surface area (Å²) in [4.78, 5) is 12.0. The fourth-order valence-corrected chi connectivity index (χ4v) is 5.49. The third-order valence-corrected chi connectivity index (χ3v) is 7.13. The molecule has 33 heavy (non-hydrogen) atoms. The van der Waals surface area contributed by atoms with Crippen LogP contribution < -0.4 is 9.47 Å². The molecule has 0 N–H and O–H groups in total. The van der Waals surface area contributed by atoms with Gasteiger partial charge in [-0.25, -0.2) is 0 Å². The van der Waals surface area contributed by atoms with E-state index in [0.717, 1.165) is 25.0 Å². The molecule has 1 saturated carbocycles. The summed E-state index contributed by atoms with van der Waals surface area (Å²) < 4.78 is 11.8. The number of carbonyl (C=O) groups excluding carboxylic acids is 1. The van der Waals surface area contributed by atoms with Crippen molar-refractivity contribution in [1.82, 2.24) is 0 Å². The molecule has 0 aliphatic heterocycles. The summed E-state index contributed by atoms with van der Waals surface area (Å²) in [5.41, 5.74) is 2.59.